The Kier molecular flexibility index (Phi) is 5.02. The van der Waals surface area contributed by atoms with Crippen LogP contribution in [0.5, 0.6) is 5.75 Å². The predicted octanol–water partition coefficient (Wildman–Crippen LogP) is 5.17. The van der Waals surface area contributed by atoms with E-state index < -0.39 is 0 Å². The van der Waals surface area contributed by atoms with Crippen LogP contribution in [0.4, 0.5) is 0 Å². The van der Waals surface area contributed by atoms with Crippen LogP contribution in [0.2, 0.25) is 5.02 Å². The maximum atomic E-state index is 5.91. The molecule has 25 heavy (non-hydrogen) atoms. The lowest BCUT2D eigenvalue weighted by Crippen LogP contribution is -2.25. The van der Waals surface area contributed by atoms with Gasteiger partial charge in [-0.3, -0.25) is 0 Å². The molecular formula is C20H20BrClN2O. The zero-order valence-electron chi connectivity index (χ0n) is 13.9. The first-order chi connectivity index (χ1) is 12.2. The third-order valence-electron chi connectivity index (χ3n) is 4.71. The first-order valence-electron chi connectivity index (χ1n) is 8.61. The van der Waals surface area contributed by atoms with Gasteiger partial charge < -0.3 is 14.6 Å². The number of aryl methyl sites for hydroxylation is 1. The third kappa shape index (κ3) is 3.43. The van der Waals surface area contributed by atoms with E-state index in [4.69, 9.17) is 16.3 Å². The van der Waals surface area contributed by atoms with Gasteiger partial charge in [0.05, 0.1) is 6.61 Å². The number of fused-ring (bicyclic) bond motifs is 3. The topological polar surface area (TPSA) is 26.2 Å². The summed E-state index contributed by atoms with van der Waals surface area (Å²) in [5.41, 5.74) is 4.22. The van der Waals surface area contributed by atoms with E-state index in [1.165, 1.54) is 26.6 Å². The lowest BCUT2D eigenvalue weighted by atomic mass is 10.0. The number of aromatic nitrogens is 1. The highest BCUT2D eigenvalue weighted by Crippen LogP contribution is 2.34. The zero-order chi connectivity index (χ0) is 17.2. The van der Waals surface area contributed by atoms with Gasteiger partial charge in [-0.15, -0.1) is 0 Å². The van der Waals surface area contributed by atoms with Crippen molar-refractivity contribution in [3.05, 3.63) is 63.2 Å². The SMILES string of the molecule is Clc1ccc(OCCCn2c3c(c4c(Br)cccc42)CCNC3)cc1. The molecule has 0 atom stereocenters. The number of ether oxygens (including phenoxy) is 1. The minimum Gasteiger partial charge on any atom is -0.494 e. The van der Waals surface area contributed by atoms with Gasteiger partial charge >= 0.3 is 0 Å². The molecule has 3 aromatic rings. The van der Waals surface area contributed by atoms with Crippen molar-refractivity contribution in [3.63, 3.8) is 0 Å². The Morgan fingerprint density at radius 3 is 2.84 bits per heavy atom. The molecule has 0 unspecified atom stereocenters. The maximum Gasteiger partial charge on any atom is 0.119 e. The minimum atomic E-state index is 0.692. The number of benzene rings is 2. The molecule has 4 rings (SSSR count). The highest BCUT2D eigenvalue weighted by Gasteiger charge is 2.20. The molecule has 0 fully saturated rings. The average molecular weight is 420 g/mol. The summed E-state index contributed by atoms with van der Waals surface area (Å²) in [7, 11) is 0. The Balaban J connectivity index is 1.51. The van der Waals surface area contributed by atoms with E-state index in [2.05, 4.69) is 44.0 Å². The van der Waals surface area contributed by atoms with Crippen molar-refractivity contribution in [1.29, 1.82) is 0 Å². The standard InChI is InChI=1S/C20H20BrClN2O/c21-17-3-1-4-18-20(17)16-9-10-23-13-19(16)24(18)11-2-12-25-15-7-5-14(22)6-8-15/h1,3-8,23H,2,9-13H2. The predicted molar refractivity (Wildman–Crippen MR) is 107 cm³/mol. The first kappa shape index (κ1) is 17.0. The van der Waals surface area contributed by atoms with E-state index in [0.29, 0.717) is 6.61 Å². The van der Waals surface area contributed by atoms with Gasteiger partial charge in [0.2, 0.25) is 0 Å². The fraction of sp³-hybridized carbons (Fsp3) is 0.300. The number of halogens is 2. The summed E-state index contributed by atoms with van der Waals surface area (Å²) in [4.78, 5) is 0. The molecule has 0 bridgehead atoms. The number of nitrogens with zero attached hydrogens (tertiary/aromatic N) is 1. The van der Waals surface area contributed by atoms with Crippen LogP contribution in [0.1, 0.15) is 17.7 Å². The van der Waals surface area contributed by atoms with Crippen molar-refractivity contribution in [3.8, 4) is 5.75 Å². The molecule has 0 saturated carbocycles. The molecule has 0 spiro atoms. The second-order valence-electron chi connectivity index (χ2n) is 6.29. The Labute approximate surface area is 161 Å². The molecular weight excluding hydrogens is 400 g/mol. The molecule has 0 aliphatic carbocycles. The van der Waals surface area contributed by atoms with Gasteiger partial charge in [0.1, 0.15) is 5.75 Å². The van der Waals surface area contributed by atoms with E-state index in [1.807, 2.05) is 24.3 Å². The van der Waals surface area contributed by atoms with Crippen molar-refractivity contribution < 1.29 is 4.74 Å². The number of hydrogen-bond acceptors (Lipinski definition) is 2. The van der Waals surface area contributed by atoms with Crippen molar-refractivity contribution in [1.82, 2.24) is 9.88 Å². The first-order valence-corrected chi connectivity index (χ1v) is 9.78. The van der Waals surface area contributed by atoms with E-state index >= 15 is 0 Å². The average Bonchev–Trinajstić information content (AvgIpc) is 2.95. The van der Waals surface area contributed by atoms with E-state index in [1.54, 1.807) is 0 Å². The number of rotatable bonds is 5. The van der Waals surface area contributed by atoms with Crippen molar-refractivity contribution in [2.24, 2.45) is 0 Å². The van der Waals surface area contributed by atoms with Crippen LogP contribution in [0.3, 0.4) is 0 Å². The summed E-state index contributed by atoms with van der Waals surface area (Å²) in [6.07, 6.45) is 2.05. The lowest BCUT2D eigenvalue weighted by molar-refractivity contribution is 0.301. The Bertz CT molecular complexity index is 889. The second-order valence-corrected chi connectivity index (χ2v) is 7.58. The normalized spacial score (nSPS) is 13.8. The summed E-state index contributed by atoms with van der Waals surface area (Å²) in [6.45, 7) is 3.64. The zero-order valence-corrected chi connectivity index (χ0v) is 16.2. The fourth-order valence-electron chi connectivity index (χ4n) is 3.58. The van der Waals surface area contributed by atoms with Crippen LogP contribution in [0.15, 0.2) is 46.9 Å². The van der Waals surface area contributed by atoms with Gasteiger partial charge in [-0.05, 0) is 61.3 Å². The number of hydrogen-bond donors (Lipinski definition) is 1. The highest BCUT2D eigenvalue weighted by atomic mass is 79.9. The van der Waals surface area contributed by atoms with Gasteiger partial charge in [0.15, 0.2) is 0 Å². The molecule has 0 amide bonds. The smallest absolute Gasteiger partial charge is 0.119 e. The molecule has 3 nitrogen and oxygen atoms in total. The fourth-order valence-corrected chi connectivity index (χ4v) is 4.30. The van der Waals surface area contributed by atoms with Gasteiger partial charge in [-0.25, -0.2) is 0 Å². The Morgan fingerprint density at radius 2 is 2.00 bits per heavy atom. The highest BCUT2D eigenvalue weighted by molar-refractivity contribution is 9.10. The van der Waals surface area contributed by atoms with Crippen molar-refractivity contribution >= 4 is 38.4 Å². The van der Waals surface area contributed by atoms with E-state index in [0.717, 1.165) is 43.2 Å². The van der Waals surface area contributed by atoms with Crippen LogP contribution in [-0.2, 0) is 19.5 Å². The van der Waals surface area contributed by atoms with E-state index in [9.17, 15) is 0 Å². The van der Waals surface area contributed by atoms with Crippen LogP contribution in [-0.4, -0.2) is 17.7 Å². The van der Waals surface area contributed by atoms with Gasteiger partial charge in [-0.2, -0.15) is 0 Å². The molecule has 130 valence electrons. The second kappa shape index (κ2) is 7.40. The van der Waals surface area contributed by atoms with Crippen LogP contribution >= 0.6 is 27.5 Å². The Morgan fingerprint density at radius 1 is 1.16 bits per heavy atom. The Hall–Kier alpha value is -1.49. The summed E-state index contributed by atoms with van der Waals surface area (Å²) < 4.78 is 9.49. The molecule has 1 aromatic heterocycles. The van der Waals surface area contributed by atoms with Crippen LogP contribution in [0.25, 0.3) is 10.9 Å². The van der Waals surface area contributed by atoms with Crippen LogP contribution < -0.4 is 10.1 Å². The van der Waals surface area contributed by atoms with Gasteiger partial charge in [-0.1, -0.05) is 33.6 Å². The maximum absolute atomic E-state index is 5.91. The largest absolute Gasteiger partial charge is 0.494 e. The summed E-state index contributed by atoms with van der Waals surface area (Å²) in [6, 6.07) is 14.0. The monoisotopic (exact) mass is 418 g/mol. The molecule has 2 heterocycles. The number of nitrogens with one attached hydrogen (secondary N) is 1. The summed E-state index contributed by atoms with van der Waals surface area (Å²) in [5, 5.41) is 5.61. The van der Waals surface area contributed by atoms with Gasteiger partial charge in [0.25, 0.3) is 0 Å². The van der Waals surface area contributed by atoms with Crippen LogP contribution in [0, 0.1) is 0 Å². The molecule has 0 radical (unpaired) electrons. The van der Waals surface area contributed by atoms with E-state index in [-0.39, 0.29) is 0 Å². The van der Waals surface area contributed by atoms with Crippen molar-refractivity contribution in [2.75, 3.05) is 13.2 Å². The lowest BCUT2D eigenvalue weighted by Gasteiger charge is -2.17. The molecule has 2 aromatic carbocycles. The quantitative estimate of drug-likeness (QED) is 0.577. The third-order valence-corrected chi connectivity index (χ3v) is 5.62. The molecule has 0 saturated heterocycles. The summed E-state index contributed by atoms with van der Waals surface area (Å²) in [5.74, 6) is 0.869. The summed E-state index contributed by atoms with van der Waals surface area (Å²) >= 11 is 9.65. The minimum absolute atomic E-state index is 0.692. The van der Waals surface area contributed by atoms with Gasteiger partial charge in [0, 0.05) is 39.2 Å². The molecule has 5 heteroatoms. The molecule has 1 aliphatic heterocycles. The molecule has 1 N–H and O–H groups in total. The molecule has 1 aliphatic rings. The van der Waals surface area contributed by atoms with Crippen molar-refractivity contribution in [2.45, 2.75) is 25.9 Å².